The van der Waals surface area contributed by atoms with Crippen LogP contribution in [0.25, 0.3) is 6.08 Å². The molecule has 0 radical (unpaired) electrons. The van der Waals surface area contributed by atoms with Crippen LogP contribution in [0.5, 0.6) is 0 Å². The van der Waals surface area contributed by atoms with E-state index in [1.807, 2.05) is 32.2 Å². The number of nitrogens with zero attached hydrogens (tertiary/aromatic N) is 1. The minimum absolute atomic E-state index is 0.0466. The number of Topliss-reactive ketones (excluding diaryl/α,β-unsaturated/α-hetero) is 1. The van der Waals surface area contributed by atoms with Crippen molar-refractivity contribution < 1.29 is 24.5 Å². The van der Waals surface area contributed by atoms with Crippen molar-refractivity contribution in [1.82, 2.24) is 4.98 Å². The van der Waals surface area contributed by atoms with Crippen LogP contribution >= 0.6 is 11.3 Å². The van der Waals surface area contributed by atoms with Crippen LogP contribution in [-0.4, -0.2) is 45.3 Å². The molecular formula is C27H42N2O5S. The summed E-state index contributed by atoms with van der Waals surface area (Å²) in [7, 11) is 0. The number of hydrogen-bond donors (Lipinski definition) is 3. The first kappa shape index (κ1) is 29.4. The fraction of sp³-hybridized carbons (Fsp3) is 0.667. The van der Waals surface area contributed by atoms with E-state index >= 15 is 0 Å². The van der Waals surface area contributed by atoms with E-state index in [1.165, 1.54) is 16.9 Å². The predicted octanol–water partition coefficient (Wildman–Crippen LogP) is 4.42. The van der Waals surface area contributed by atoms with Gasteiger partial charge in [-0.1, -0.05) is 39.3 Å². The zero-order chi connectivity index (χ0) is 26.2. The monoisotopic (exact) mass is 506 g/mol. The van der Waals surface area contributed by atoms with Crippen LogP contribution in [0.4, 0.5) is 0 Å². The second-order valence-electron chi connectivity index (χ2n) is 10.2. The van der Waals surface area contributed by atoms with Gasteiger partial charge in [0, 0.05) is 24.3 Å². The number of aromatic nitrogens is 1. The maximum Gasteiger partial charge on any atom is 0.309 e. The van der Waals surface area contributed by atoms with Gasteiger partial charge in [-0.3, -0.25) is 9.59 Å². The van der Waals surface area contributed by atoms with Crippen LogP contribution in [0.15, 0.2) is 23.1 Å². The normalized spacial score (nSPS) is 29.7. The molecule has 4 N–H and O–H groups in total. The predicted molar refractivity (Wildman–Crippen MR) is 140 cm³/mol. The van der Waals surface area contributed by atoms with Crippen molar-refractivity contribution in [3.05, 3.63) is 33.8 Å². The van der Waals surface area contributed by atoms with Crippen LogP contribution in [0.3, 0.4) is 0 Å². The zero-order valence-electron chi connectivity index (χ0n) is 21.7. The molecule has 0 bridgehead atoms. The molecule has 5 atom stereocenters. The first-order chi connectivity index (χ1) is 16.5. The Labute approximate surface area is 213 Å². The first-order valence-electron chi connectivity index (χ1n) is 12.6. The summed E-state index contributed by atoms with van der Waals surface area (Å²) in [5.74, 6) is -1.44. The molecule has 35 heavy (non-hydrogen) atoms. The van der Waals surface area contributed by atoms with Crippen LogP contribution in [0.2, 0.25) is 0 Å². The molecule has 0 saturated heterocycles. The molecule has 1 aromatic rings. The lowest BCUT2D eigenvalue weighted by Crippen LogP contribution is -2.46. The van der Waals surface area contributed by atoms with Crippen molar-refractivity contribution in [3.63, 3.8) is 0 Å². The van der Waals surface area contributed by atoms with E-state index < -0.39 is 35.6 Å². The smallest absolute Gasteiger partial charge is 0.309 e. The molecule has 8 heteroatoms. The third-order valence-corrected chi connectivity index (χ3v) is 7.93. The maximum atomic E-state index is 13.4. The fourth-order valence-electron chi connectivity index (χ4n) is 4.41. The summed E-state index contributed by atoms with van der Waals surface area (Å²) in [6.07, 6.45) is 6.36. The number of aliphatic hydroxyl groups is 2. The molecule has 1 aromatic heterocycles. The van der Waals surface area contributed by atoms with Gasteiger partial charge in [0.2, 0.25) is 0 Å². The first-order valence-corrected chi connectivity index (χ1v) is 13.5. The van der Waals surface area contributed by atoms with E-state index in [9.17, 15) is 19.8 Å². The third-order valence-electron chi connectivity index (χ3n) is 7.04. The Morgan fingerprint density at radius 2 is 2.03 bits per heavy atom. The van der Waals surface area contributed by atoms with E-state index in [-0.39, 0.29) is 18.1 Å². The molecule has 0 amide bonds. The Hall–Kier alpha value is -1.87. The summed E-state index contributed by atoms with van der Waals surface area (Å²) >= 11 is 1.48. The number of carbonyl (C=O) groups excluding carboxylic acids is 2. The van der Waals surface area contributed by atoms with Crippen molar-refractivity contribution in [2.75, 3.05) is 0 Å². The third kappa shape index (κ3) is 8.34. The Bertz CT molecular complexity index is 907. The van der Waals surface area contributed by atoms with Gasteiger partial charge < -0.3 is 20.7 Å². The van der Waals surface area contributed by atoms with Crippen molar-refractivity contribution >= 4 is 29.2 Å². The molecule has 0 aliphatic carbocycles. The SMILES string of the molecule is CC[C@H]1C(=O)C(C)(C)[C@@H](O)CC(=O)O[C@H](C=Cc2csc(CN)n2)CC=C(C)CCC[C@H](C)[C@@H]1O. The summed E-state index contributed by atoms with van der Waals surface area (Å²) in [5, 5.41) is 24.5. The number of carbonyl (C=O) groups is 2. The quantitative estimate of drug-likeness (QED) is 0.408. The average molecular weight is 507 g/mol. The molecule has 0 unspecified atom stereocenters. The number of allylic oxidation sites excluding steroid dienone is 1. The van der Waals surface area contributed by atoms with E-state index in [1.54, 1.807) is 19.9 Å². The second kappa shape index (κ2) is 13.4. The zero-order valence-corrected chi connectivity index (χ0v) is 22.5. The highest BCUT2D eigenvalue weighted by molar-refractivity contribution is 7.09. The topological polar surface area (TPSA) is 123 Å². The lowest BCUT2D eigenvalue weighted by atomic mass is 9.71. The van der Waals surface area contributed by atoms with Crippen LogP contribution < -0.4 is 5.73 Å². The maximum absolute atomic E-state index is 13.4. The molecule has 0 fully saturated rings. The van der Waals surface area contributed by atoms with Gasteiger partial charge in [-0.15, -0.1) is 11.3 Å². The summed E-state index contributed by atoms with van der Waals surface area (Å²) < 4.78 is 5.70. The largest absolute Gasteiger partial charge is 0.458 e. The van der Waals surface area contributed by atoms with E-state index in [0.29, 0.717) is 19.4 Å². The standard InChI is InChI=1S/C27H42N2O5S/c1-6-21-25(32)18(3)9-7-8-17(2)10-12-20(13-11-19-16-35-23(15-28)29-19)34-24(31)14-22(30)27(4,5)26(21)33/h10-11,13,16,18,20-22,25,30,32H,6-9,12,14-15,28H2,1-5H3/t18-,20-,21+,22-,25-/m0/s1. The summed E-state index contributed by atoms with van der Waals surface area (Å²) in [4.78, 5) is 30.5. The Kier molecular flexibility index (Phi) is 11.3. The van der Waals surface area contributed by atoms with Gasteiger partial charge in [0.25, 0.3) is 0 Å². The number of esters is 1. The lowest BCUT2D eigenvalue weighted by molar-refractivity contribution is -0.154. The number of rotatable bonds is 4. The van der Waals surface area contributed by atoms with Gasteiger partial charge in [0.15, 0.2) is 0 Å². The van der Waals surface area contributed by atoms with E-state index in [4.69, 9.17) is 10.5 Å². The highest BCUT2D eigenvalue weighted by Gasteiger charge is 2.43. The highest BCUT2D eigenvalue weighted by Crippen LogP contribution is 2.33. The Morgan fingerprint density at radius 3 is 2.66 bits per heavy atom. The molecule has 196 valence electrons. The van der Waals surface area contributed by atoms with Gasteiger partial charge in [-0.25, -0.2) is 4.98 Å². The van der Waals surface area contributed by atoms with Crippen molar-refractivity contribution in [2.24, 2.45) is 23.0 Å². The number of hydrogen-bond acceptors (Lipinski definition) is 8. The molecule has 2 rings (SSSR count). The number of thiazole rings is 1. The van der Waals surface area contributed by atoms with Gasteiger partial charge in [0.1, 0.15) is 16.9 Å². The van der Waals surface area contributed by atoms with E-state index in [0.717, 1.165) is 30.0 Å². The minimum atomic E-state index is -1.22. The molecule has 2 heterocycles. The molecule has 0 spiro atoms. The molecular weight excluding hydrogens is 464 g/mol. The van der Waals surface area contributed by atoms with Crippen molar-refractivity contribution in [2.45, 2.75) is 98.0 Å². The average Bonchev–Trinajstić information content (AvgIpc) is 3.28. The fourth-order valence-corrected chi connectivity index (χ4v) is 5.05. The van der Waals surface area contributed by atoms with Crippen LogP contribution in [0.1, 0.15) is 83.8 Å². The minimum Gasteiger partial charge on any atom is -0.458 e. The van der Waals surface area contributed by atoms with Gasteiger partial charge in [-0.2, -0.15) is 0 Å². The number of cyclic esters (lactones) is 1. The highest BCUT2D eigenvalue weighted by atomic mass is 32.1. The molecule has 1 aliphatic heterocycles. The van der Waals surface area contributed by atoms with Crippen molar-refractivity contribution in [3.8, 4) is 0 Å². The Balaban J connectivity index is 2.29. The van der Waals surface area contributed by atoms with Crippen LogP contribution in [-0.2, 0) is 20.9 Å². The molecule has 0 saturated carbocycles. The number of ether oxygens (including phenoxy) is 1. The summed E-state index contributed by atoms with van der Waals surface area (Å²) in [6.45, 7) is 9.54. The second-order valence-corrected chi connectivity index (χ2v) is 11.2. The molecule has 7 nitrogen and oxygen atoms in total. The Morgan fingerprint density at radius 1 is 1.31 bits per heavy atom. The summed E-state index contributed by atoms with van der Waals surface area (Å²) in [5.41, 5.74) is 6.38. The molecule has 1 aliphatic rings. The number of ketones is 1. The lowest BCUT2D eigenvalue weighted by Gasteiger charge is -2.35. The molecule has 0 aromatic carbocycles. The van der Waals surface area contributed by atoms with Gasteiger partial charge in [-0.05, 0) is 50.7 Å². The van der Waals surface area contributed by atoms with Gasteiger partial charge in [0.05, 0.1) is 29.7 Å². The number of nitrogens with two attached hydrogens (primary N) is 1. The van der Waals surface area contributed by atoms with Gasteiger partial charge >= 0.3 is 5.97 Å². The van der Waals surface area contributed by atoms with Crippen LogP contribution in [0, 0.1) is 17.3 Å². The summed E-state index contributed by atoms with van der Waals surface area (Å²) in [6, 6.07) is 0. The number of aliphatic hydroxyl groups excluding tert-OH is 2. The van der Waals surface area contributed by atoms with Crippen molar-refractivity contribution in [1.29, 1.82) is 0 Å². The van der Waals surface area contributed by atoms with E-state index in [2.05, 4.69) is 11.1 Å².